The Hall–Kier alpha value is -2.17. The molecular weight excluding hydrogens is 418 g/mol. The molecule has 0 unspecified atom stereocenters. The minimum atomic E-state index is -3.14. The highest BCUT2D eigenvalue weighted by Crippen LogP contribution is 2.36. The van der Waals surface area contributed by atoms with Crippen molar-refractivity contribution in [1.29, 1.82) is 0 Å². The molecule has 0 radical (unpaired) electrons. The number of carbonyl (C=O) groups excluding carboxylic acids is 1. The maximum Gasteiger partial charge on any atom is 0.278 e. The van der Waals surface area contributed by atoms with Gasteiger partial charge in [0.15, 0.2) is 9.84 Å². The SMILES string of the molecule is Cc1[nH]n(-c2ccccc2)c(=O)c1/C=C1/SC(=S)N([C@@H]2CCS(=O)(=O)C2)C1=O. The van der Waals surface area contributed by atoms with E-state index >= 15 is 0 Å². The molecule has 1 atom stereocenters. The van der Waals surface area contributed by atoms with E-state index < -0.39 is 15.9 Å². The van der Waals surface area contributed by atoms with Crippen LogP contribution < -0.4 is 5.56 Å². The molecule has 0 saturated carbocycles. The fourth-order valence-electron chi connectivity index (χ4n) is 3.39. The predicted molar refractivity (Wildman–Crippen MR) is 113 cm³/mol. The van der Waals surface area contributed by atoms with Crippen LogP contribution in [0, 0.1) is 6.92 Å². The van der Waals surface area contributed by atoms with Crippen LogP contribution in [0.25, 0.3) is 11.8 Å². The smallest absolute Gasteiger partial charge is 0.278 e. The lowest BCUT2D eigenvalue weighted by Crippen LogP contribution is -2.39. The molecule has 1 amide bonds. The van der Waals surface area contributed by atoms with Gasteiger partial charge in [-0.1, -0.05) is 42.2 Å². The Balaban J connectivity index is 1.67. The third kappa shape index (κ3) is 3.36. The second-order valence-corrected chi connectivity index (χ2v) is 10.6. The Bertz CT molecular complexity index is 1160. The zero-order chi connectivity index (χ0) is 20.1. The summed E-state index contributed by atoms with van der Waals surface area (Å²) in [6.45, 7) is 1.76. The van der Waals surface area contributed by atoms with E-state index in [4.69, 9.17) is 12.2 Å². The zero-order valence-corrected chi connectivity index (χ0v) is 17.4. The van der Waals surface area contributed by atoms with Crippen LogP contribution in [0.5, 0.6) is 0 Å². The second-order valence-electron chi connectivity index (χ2n) is 6.74. The maximum atomic E-state index is 12.9. The summed E-state index contributed by atoms with van der Waals surface area (Å²) >= 11 is 6.41. The molecule has 146 valence electrons. The number of nitrogens with zero attached hydrogens (tertiary/aromatic N) is 2. The molecule has 2 saturated heterocycles. The van der Waals surface area contributed by atoms with Crippen molar-refractivity contribution in [3.63, 3.8) is 0 Å². The van der Waals surface area contributed by atoms with Gasteiger partial charge in [0.05, 0.1) is 33.7 Å². The molecule has 2 aliphatic heterocycles. The van der Waals surface area contributed by atoms with Gasteiger partial charge in [0.2, 0.25) is 0 Å². The number of aromatic amines is 1. The summed E-state index contributed by atoms with van der Waals surface area (Å²) in [6.07, 6.45) is 1.92. The summed E-state index contributed by atoms with van der Waals surface area (Å²) in [4.78, 5) is 27.4. The van der Waals surface area contributed by atoms with Crippen molar-refractivity contribution >= 4 is 50.1 Å². The third-order valence-corrected chi connectivity index (χ3v) is 7.88. The topological polar surface area (TPSA) is 92.2 Å². The van der Waals surface area contributed by atoms with E-state index in [-0.39, 0.29) is 23.0 Å². The molecule has 0 bridgehead atoms. The first-order valence-corrected chi connectivity index (χ1v) is 11.7. The molecule has 0 aliphatic carbocycles. The maximum absolute atomic E-state index is 12.9. The highest BCUT2D eigenvalue weighted by Gasteiger charge is 2.42. The van der Waals surface area contributed by atoms with Crippen molar-refractivity contribution < 1.29 is 13.2 Å². The molecule has 2 fully saturated rings. The molecule has 1 aromatic carbocycles. The molecule has 1 N–H and O–H groups in total. The summed E-state index contributed by atoms with van der Waals surface area (Å²) < 4.78 is 25.3. The average Bonchev–Trinajstić information content (AvgIpc) is 3.24. The number of aryl methyl sites for hydroxylation is 1. The number of thioether (sulfide) groups is 1. The second kappa shape index (κ2) is 7.02. The molecule has 10 heteroatoms. The molecular formula is C18H17N3O4S3. The minimum Gasteiger partial charge on any atom is -0.295 e. The molecule has 7 nitrogen and oxygen atoms in total. The molecule has 0 spiro atoms. The number of hydrogen-bond acceptors (Lipinski definition) is 6. The minimum absolute atomic E-state index is 0.0620. The summed E-state index contributed by atoms with van der Waals surface area (Å²) in [5.41, 5.74) is 1.43. The van der Waals surface area contributed by atoms with Gasteiger partial charge in [-0.3, -0.25) is 19.6 Å². The number of para-hydroxylation sites is 1. The molecule has 3 heterocycles. The first-order valence-electron chi connectivity index (χ1n) is 8.61. The van der Waals surface area contributed by atoms with Gasteiger partial charge in [-0.2, -0.15) is 0 Å². The van der Waals surface area contributed by atoms with Crippen LogP contribution in [-0.2, 0) is 14.6 Å². The molecule has 28 heavy (non-hydrogen) atoms. The Morgan fingerprint density at radius 2 is 1.96 bits per heavy atom. The predicted octanol–water partition coefficient (Wildman–Crippen LogP) is 1.86. The molecule has 4 rings (SSSR count). The lowest BCUT2D eigenvalue weighted by Gasteiger charge is -2.20. The number of carbonyl (C=O) groups is 1. The van der Waals surface area contributed by atoms with Crippen LogP contribution in [0.2, 0.25) is 0 Å². The highest BCUT2D eigenvalue weighted by atomic mass is 32.2. The summed E-state index contributed by atoms with van der Waals surface area (Å²) in [5.74, 6) is -0.355. The number of hydrogen-bond donors (Lipinski definition) is 1. The Kier molecular flexibility index (Phi) is 4.80. The quantitative estimate of drug-likeness (QED) is 0.585. The van der Waals surface area contributed by atoms with E-state index in [9.17, 15) is 18.0 Å². The highest BCUT2D eigenvalue weighted by molar-refractivity contribution is 8.26. The van der Waals surface area contributed by atoms with Gasteiger partial charge < -0.3 is 0 Å². The van der Waals surface area contributed by atoms with Crippen molar-refractivity contribution in [2.75, 3.05) is 11.5 Å². The lowest BCUT2D eigenvalue weighted by atomic mass is 10.2. The largest absolute Gasteiger partial charge is 0.295 e. The van der Waals surface area contributed by atoms with Crippen molar-refractivity contribution in [3.8, 4) is 5.69 Å². The van der Waals surface area contributed by atoms with Crippen molar-refractivity contribution in [2.24, 2.45) is 0 Å². The summed E-state index contributed by atoms with van der Waals surface area (Å²) in [7, 11) is -3.14. The van der Waals surface area contributed by atoms with Crippen LogP contribution in [0.15, 0.2) is 40.0 Å². The van der Waals surface area contributed by atoms with E-state index in [1.54, 1.807) is 19.1 Å². The Morgan fingerprint density at radius 3 is 2.61 bits per heavy atom. The van der Waals surface area contributed by atoms with Gasteiger partial charge >= 0.3 is 0 Å². The number of aromatic nitrogens is 2. The van der Waals surface area contributed by atoms with Gasteiger partial charge in [-0.15, -0.1) is 0 Å². The number of thiocarbonyl (C=S) groups is 1. The number of benzene rings is 1. The van der Waals surface area contributed by atoms with E-state index in [1.807, 2.05) is 18.2 Å². The van der Waals surface area contributed by atoms with Crippen LogP contribution >= 0.6 is 24.0 Å². The van der Waals surface area contributed by atoms with E-state index in [2.05, 4.69) is 5.10 Å². The lowest BCUT2D eigenvalue weighted by molar-refractivity contribution is -0.123. The Morgan fingerprint density at radius 1 is 1.25 bits per heavy atom. The number of amides is 1. The fraction of sp³-hybridized carbons (Fsp3) is 0.278. The molecule has 2 aliphatic rings. The average molecular weight is 436 g/mol. The van der Waals surface area contributed by atoms with Gasteiger partial charge in [-0.05, 0) is 31.6 Å². The molecule has 2 aromatic rings. The van der Waals surface area contributed by atoms with Crippen molar-refractivity contribution in [2.45, 2.75) is 19.4 Å². The van der Waals surface area contributed by atoms with E-state index in [1.165, 1.54) is 15.7 Å². The fourth-order valence-corrected chi connectivity index (χ4v) is 6.48. The van der Waals surface area contributed by atoms with Gasteiger partial charge in [-0.25, -0.2) is 13.1 Å². The van der Waals surface area contributed by atoms with Crippen molar-refractivity contribution in [3.05, 3.63) is 56.8 Å². The number of nitrogens with one attached hydrogen (secondary N) is 1. The van der Waals surface area contributed by atoms with Gasteiger partial charge in [0.25, 0.3) is 11.5 Å². The van der Waals surface area contributed by atoms with Crippen LogP contribution in [0.1, 0.15) is 17.7 Å². The Labute approximate surface area is 171 Å². The normalized spacial score (nSPS) is 23.1. The van der Waals surface area contributed by atoms with Crippen LogP contribution in [-0.4, -0.2) is 50.9 Å². The van der Waals surface area contributed by atoms with Crippen LogP contribution in [0.3, 0.4) is 0 Å². The standard InChI is InChI=1S/C18H17N3O4S3/c1-11-14(16(22)21(19-11)12-5-3-2-4-6-12)9-15-17(23)20(18(26)27-15)13-7-8-28(24,25)10-13/h2-6,9,13,19H,7-8,10H2,1H3/b15-9+/t13-/m1/s1. The van der Waals surface area contributed by atoms with Gasteiger partial charge in [0, 0.05) is 5.69 Å². The summed E-state index contributed by atoms with van der Waals surface area (Å²) in [6, 6.07) is 8.70. The third-order valence-electron chi connectivity index (χ3n) is 4.80. The zero-order valence-electron chi connectivity index (χ0n) is 14.9. The molecule has 1 aromatic heterocycles. The van der Waals surface area contributed by atoms with Gasteiger partial charge in [0.1, 0.15) is 4.32 Å². The van der Waals surface area contributed by atoms with E-state index in [0.29, 0.717) is 32.6 Å². The first kappa shape index (κ1) is 19.2. The van der Waals surface area contributed by atoms with Crippen molar-refractivity contribution in [1.82, 2.24) is 14.7 Å². The van der Waals surface area contributed by atoms with E-state index in [0.717, 1.165) is 11.8 Å². The number of rotatable bonds is 3. The number of sulfone groups is 1. The first-order chi connectivity index (χ1) is 13.3. The summed E-state index contributed by atoms with van der Waals surface area (Å²) in [5, 5.41) is 3.02. The monoisotopic (exact) mass is 435 g/mol. The number of H-pyrrole nitrogens is 1. The van der Waals surface area contributed by atoms with Crippen LogP contribution in [0.4, 0.5) is 0 Å².